The predicted molar refractivity (Wildman–Crippen MR) is 107 cm³/mol. The molecular formula is C20H21BN2O6. The van der Waals surface area contributed by atoms with Crippen LogP contribution in [0, 0.1) is 0 Å². The van der Waals surface area contributed by atoms with Gasteiger partial charge in [-0.05, 0) is 35.3 Å². The zero-order valence-corrected chi connectivity index (χ0v) is 15.7. The van der Waals surface area contributed by atoms with Gasteiger partial charge in [0.2, 0.25) is 5.91 Å². The van der Waals surface area contributed by atoms with E-state index in [0.717, 1.165) is 5.56 Å². The molecule has 2 aromatic rings. The number of hydrogen-bond acceptors (Lipinski definition) is 6. The van der Waals surface area contributed by atoms with E-state index in [1.807, 2.05) is 0 Å². The fraction of sp³-hybridized carbons (Fsp3) is 0.250. The molecule has 8 nitrogen and oxygen atoms in total. The third-order valence-electron chi connectivity index (χ3n) is 4.69. The van der Waals surface area contributed by atoms with Crippen LogP contribution in [0.4, 0.5) is 5.69 Å². The molecule has 1 heterocycles. The van der Waals surface area contributed by atoms with Gasteiger partial charge in [0.05, 0.1) is 19.6 Å². The fourth-order valence-electron chi connectivity index (χ4n) is 3.06. The summed E-state index contributed by atoms with van der Waals surface area (Å²) in [6, 6.07) is 11.0. The lowest BCUT2D eigenvalue weighted by atomic mass is 9.77. The molecule has 2 amide bonds. The van der Waals surface area contributed by atoms with Crippen molar-refractivity contribution in [1.82, 2.24) is 4.90 Å². The summed E-state index contributed by atoms with van der Waals surface area (Å²) in [7, 11) is -1.79. The van der Waals surface area contributed by atoms with Crippen molar-refractivity contribution in [2.45, 2.75) is 6.42 Å². The average molecular weight is 396 g/mol. The van der Waals surface area contributed by atoms with Gasteiger partial charge in [0.25, 0.3) is 5.91 Å². The summed E-state index contributed by atoms with van der Waals surface area (Å²) in [5, 5.41) is 21.2. The smallest absolute Gasteiger partial charge is 0.423 e. The lowest BCUT2D eigenvalue weighted by Crippen LogP contribution is -2.41. The Balaban J connectivity index is 1.62. The van der Waals surface area contributed by atoms with Gasteiger partial charge >= 0.3 is 7.12 Å². The number of carbonyl (C=O) groups is 3. The minimum absolute atomic E-state index is 0.0321. The number of aldehydes is 1. The number of amides is 2. The van der Waals surface area contributed by atoms with Crippen molar-refractivity contribution in [1.29, 1.82) is 0 Å². The number of anilines is 1. The molecule has 0 radical (unpaired) electrons. The van der Waals surface area contributed by atoms with Gasteiger partial charge in [-0.25, -0.2) is 0 Å². The van der Waals surface area contributed by atoms with Gasteiger partial charge in [-0.15, -0.1) is 0 Å². The van der Waals surface area contributed by atoms with Crippen molar-refractivity contribution in [3.8, 4) is 0 Å². The van der Waals surface area contributed by atoms with E-state index in [0.29, 0.717) is 38.3 Å². The molecule has 2 aromatic carbocycles. The Morgan fingerprint density at radius 1 is 1.10 bits per heavy atom. The van der Waals surface area contributed by atoms with Gasteiger partial charge in [-0.1, -0.05) is 18.2 Å². The molecule has 1 fully saturated rings. The standard InChI is InChI=1S/C20H21BN2O6/c24-13-16-12-15(3-6-18(16)21(27)28)20(26)22-17-4-1-14(2-5-17)11-19(25)23-7-9-29-10-8-23/h1-6,12-13,27-28H,7-11H2,(H,22,26). The van der Waals surface area contributed by atoms with Crippen molar-refractivity contribution < 1.29 is 29.2 Å². The first-order valence-electron chi connectivity index (χ1n) is 9.19. The summed E-state index contributed by atoms with van der Waals surface area (Å²) in [6.07, 6.45) is 0.744. The van der Waals surface area contributed by atoms with E-state index in [2.05, 4.69) is 5.32 Å². The van der Waals surface area contributed by atoms with Gasteiger partial charge in [0, 0.05) is 29.9 Å². The maximum absolute atomic E-state index is 12.4. The molecule has 0 spiro atoms. The molecule has 1 aliphatic heterocycles. The highest BCUT2D eigenvalue weighted by molar-refractivity contribution is 6.60. The third-order valence-corrected chi connectivity index (χ3v) is 4.69. The summed E-state index contributed by atoms with van der Waals surface area (Å²) < 4.78 is 5.24. The molecule has 9 heteroatoms. The average Bonchev–Trinajstić information content (AvgIpc) is 2.75. The minimum Gasteiger partial charge on any atom is -0.423 e. The van der Waals surface area contributed by atoms with Crippen LogP contribution in [0.3, 0.4) is 0 Å². The highest BCUT2D eigenvalue weighted by atomic mass is 16.5. The molecule has 0 unspecified atom stereocenters. The summed E-state index contributed by atoms with van der Waals surface area (Å²) in [5.41, 5.74) is 1.65. The van der Waals surface area contributed by atoms with E-state index in [1.165, 1.54) is 18.2 Å². The number of morpholine rings is 1. The van der Waals surface area contributed by atoms with Crippen LogP contribution in [0.15, 0.2) is 42.5 Å². The number of ether oxygens (including phenoxy) is 1. The zero-order valence-electron chi connectivity index (χ0n) is 15.7. The lowest BCUT2D eigenvalue weighted by Gasteiger charge is -2.26. The van der Waals surface area contributed by atoms with Crippen molar-refractivity contribution >= 4 is 36.4 Å². The van der Waals surface area contributed by atoms with Crippen LogP contribution in [0.25, 0.3) is 0 Å². The van der Waals surface area contributed by atoms with Crippen LogP contribution in [0.2, 0.25) is 0 Å². The van der Waals surface area contributed by atoms with E-state index in [4.69, 9.17) is 4.74 Å². The SMILES string of the molecule is O=Cc1cc(C(=O)Nc2ccc(CC(=O)N3CCOCC3)cc2)ccc1B(O)O. The number of carbonyl (C=O) groups excluding carboxylic acids is 3. The third kappa shape index (κ3) is 5.29. The Morgan fingerprint density at radius 3 is 2.41 bits per heavy atom. The zero-order chi connectivity index (χ0) is 20.8. The summed E-state index contributed by atoms with van der Waals surface area (Å²) in [4.78, 5) is 37.6. The first kappa shape index (κ1) is 20.7. The van der Waals surface area contributed by atoms with Crippen LogP contribution >= 0.6 is 0 Å². The van der Waals surface area contributed by atoms with Crippen LogP contribution < -0.4 is 10.8 Å². The molecule has 29 heavy (non-hydrogen) atoms. The molecule has 0 aliphatic carbocycles. The monoisotopic (exact) mass is 396 g/mol. The van der Waals surface area contributed by atoms with E-state index >= 15 is 0 Å². The first-order chi connectivity index (χ1) is 14.0. The molecule has 150 valence electrons. The van der Waals surface area contributed by atoms with Crippen molar-refractivity contribution in [2.75, 3.05) is 31.6 Å². The number of benzene rings is 2. The summed E-state index contributed by atoms with van der Waals surface area (Å²) in [5.74, 6) is -0.401. The second kappa shape index (κ2) is 9.46. The van der Waals surface area contributed by atoms with E-state index in [-0.39, 0.29) is 28.9 Å². The molecule has 0 atom stereocenters. The summed E-state index contributed by atoms with van der Waals surface area (Å²) >= 11 is 0. The lowest BCUT2D eigenvalue weighted by molar-refractivity contribution is -0.134. The van der Waals surface area contributed by atoms with Crippen molar-refractivity contribution in [3.63, 3.8) is 0 Å². The largest absolute Gasteiger partial charge is 0.489 e. The Hall–Kier alpha value is -3.01. The Kier molecular flexibility index (Phi) is 6.76. The number of hydrogen-bond donors (Lipinski definition) is 3. The van der Waals surface area contributed by atoms with E-state index in [9.17, 15) is 24.4 Å². The van der Waals surface area contributed by atoms with Gasteiger partial charge in [-0.2, -0.15) is 0 Å². The highest BCUT2D eigenvalue weighted by Gasteiger charge is 2.19. The van der Waals surface area contributed by atoms with Crippen LogP contribution in [-0.4, -0.2) is 66.5 Å². The quantitative estimate of drug-likeness (QED) is 0.461. The van der Waals surface area contributed by atoms with Gasteiger partial charge in [0.15, 0.2) is 0 Å². The van der Waals surface area contributed by atoms with Crippen molar-refractivity contribution in [2.24, 2.45) is 0 Å². The second-order valence-corrected chi connectivity index (χ2v) is 6.66. The maximum Gasteiger partial charge on any atom is 0.489 e. The molecule has 1 aliphatic rings. The molecule has 0 bridgehead atoms. The van der Waals surface area contributed by atoms with E-state index < -0.39 is 13.0 Å². The topological polar surface area (TPSA) is 116 Å². The molecular weight excluding hydrogens is 375 g/mol. The molecule has 1 saturated heterocycles. The number of nitrogens with one attached hydrogen (secondary N) is 1. The van der Waals surface area contributed by atoms with Crippen molar-refractivity contribution in [3.05, 3.63) is 59.2 Å². The molecule has 3 rings (SSSR count). The van der Waals surface area contributed by atoms with Gasteiger partial charge in [0.1, 0.15) is 6.29 Å². The second-order valence-electron chi connectivity index (χ2n) is 6.66. The maximum atomic E-state index is 12.4. The first-order valence-corrected chi connectivity index (χ1v) is 9.19. The van der Waals surface area contributed by atoms with Crippen LogP contribution in [0.5, 0.6) is 0 Å². The summed E-state index contributed by atoms with van der Waals surface area (Å²) in [6.45, 7) is 2.31. The fourth-order valence-corrected chi connectivity index (χ4v) is 3.06. The predicted octanol–water partition coefficient (Wildman–Crippen LogP) is -0.168. The van der Waals surface area contributed by atoms with Gasteiger partial charge in [-0.3, -0.25) is 14.4 Å². The minimum atomic E-state index is -1.79. The Bertz CT molecular complexity index is 894. The Labute approximate surface area is 168 Å². The molecule has 0 saturated carbocycles. The Morgan fingerprint density at radius 2 is 1.79 bits per heavy atom. The van der Waals surface area contributed by atoms with E-state index in [1.54, 1.807) is 29.2 Å². The normalized spacial score (nSPS) is 13.7. The molecule has 0 aromatic heterocycles. The molecule has 3 N–H and O–H groups in total. The van der Waals surface area contributed by atoms with Crippen LogP contribution in [-0.2, 0) is 16.0 Å². The number of rotatable bonds is 6. The van der Waals surface area contributed by atoms with Gasteiger partial charge < -0.3 is 25.0 Å². The number of nitrogens with zero attached hydrogens (tertiary/aromatic N) is 1. The highest BCUT2D eigenvalue weighted by Crippen LogP contribution is 2.13. The van der Waals surface area contributed by atoms with Crippen LogP contribution in [0.1, 0.15) is 26.3 Å².